The fourth-order valence-electron chi connectivity index (χ4n) is 1.76. The van der Waals surface area contributed by atoms with Gasteiger partial charge in [-0.1, -0.05) is 18.2 Å². The second-order valence-electron chi connectivity index (χ2n) is 4.39. The van der Waals surface area contributed by atoms with E-state index in [9.17, 15) is 4.79 Å². The van der Waals surface area contributed by atoms with Gasteiger partial charge in [0.15, 0.2) is 5.09 Å². The molecular formula is C15H18N2O4S. The van der Waals surface area contributed by atoms with Crippen molar-refractivity contribution in [2.24, 2.45) is 0 Å². The zero-order valence-corrected chi connectivity index (χ0v) is 13.1. The summed E-state index contributed by atoms with van der Waals surface area (Å²) in [5.41, 5.74) is 0.873. The Morgan fingerprint density at radius 1 is 1.27 bits per heavy atom. The fourth-order valence-corrected chi connectivity index (χ4v) is 1.99. The van der Waals surface area contributed by atoms with Crippen LogP contribution in [-0.4, -0.2) is 44.4 Å². The molecule has 118 valence electrons. The molecule has 1 saturated heterocycles. The molecule has 6 nitrogen and oxygen atoms in total. The normalized spacial score (nSPS) is 13.9. The number of methoxy groups -OCH3 is 1. The van der Waals surface area contributed by atoms with Crippen LogP contribution in [0.3, 0.4) is 0 Å². The standard InChI is InChI=1S/C11H9NO3S.C4H9NO/c1-14-10(13)8-11(16)15-9(12-8)7-5-3-2-4-6-7;1-3-6-4-2-5-1/h2-6,16H,1H3;5H,1-4H2. The number of morpholine rings is 1. The van der Waals surface area contributed by atoms with E-state index in [1.165, 1.54) is 7.11 Å². The molecule has 0 spiro atoms. The molecule has 2 aromatic rings. The summed E-state index contributed by atoms with van der Waals surface area (Å²) in [6.07, 6.45) is 0. The summed E-state index contributed by atoms with van der Waals surface area (Å²) in [6, 6.07) is 9.26. The SMILES string of the molecule is C1COCCN1.COC(=O)c1nc(-c2ccccc2)oc1S. The highest BCUT2D eigenvalue weighted by molar-refractivity contribution is 7.80. The Balaban J connectivity index is 0.000000246. The Kier molecular flexibility index (Phi) is 6.45. The third-order valence-electron chi connectivity index (χ3n) is 2.86. The highest BCUT2D eigenvalue weighted by Crippen LogP contribution is 2.24. The lowest BCUT2D eigenvalue weighted by Gasteiger charge is -2.10. The minimum atomic E-state index is -0.559. The number of hydrogen-bond acceptors (Lipinski definition) is 7. The molecule has 3 rings (SSSR count). The summed E-state index contributed by atoms with van der Waals surface area (Å²) in [6.45, 7) is 3.83. The van der Waals surface area contributed by atoms with Crippen molar-refractivity contribution in [3.05, 3.63) is 36.0 Å². The van der Waals surface area contributed by atoms with Crippen molar-refractivity contribution in [1.82, 2.24) is 10.3 Å². The molecule has 1 aromatic heterocycles. The van der Waals surface area contributed by atoms with E-state index >= 15 is 0 Å². The maximum atomic E-state index is 11.3. The van der Waals surface area contributed by atoms with Crippen molar-refractivity contribution in [2.75, 3.05) is 33.4 Å². The van der Waals surface area contributed by atoms with Gasteiger partial charge in [-0.2, -0.15) is 0 Å². The number of nitrogens with one attached hydrogen (secondary N) is 1. The summed E-state index contributed by atoms with van der Waals surface area (Å²) < 4.78 is 14.8. The zero-order valence-electron chi connectivity index (χ0n) is 12.2. The molecule has 0 unspecified atom stereocenters. The first-order valence-corrected chi connectivity index (χ1v) is 7.29. The number of oxazole rings is 1. The van der Waals surface area contributed by atoms with Crippen molar-refractivity contribution in [2.45, 2.75) is 5.09 Å². The molecule has 1 fully saturated rings. The minimum absolute atomic E-state index is 0.0877. The van der Waals surface area contributed by atoms with Gasteiger partial charge in [-0.25, -0.2) is 9.78 Å². The van der Waals surface area contributed by atoms with Gasteiger partial charge in [0.05, 0.1) is 20.3 Å². The molecule has 2 heterocycles. The smallest absolute Gasteiger partial charge is 0.361 e. The van der Waals surface area contributed by atoms with Gasteiger partial charge in [0.2, 0.25) is 11.6 Å². The predicted octanol–water partition coefficient (Wildman–Crippen LogP) is 2.02. The average Bonchev–Trinajstić information content (AvgIpc) is 2.99. The maximum Gasteiger partial charge on any atom is 0.361 e. The van der Waals surface area contributed by atoms with Crippen molar-refractivity contribution >= 4 is 18.6 Å². The molecule has 0 atom stereocenters. The Labute approximate surface area is 134 Å². The number of benzene rings is 1. The van der Waals surface area contributed by atoms with Gasteiger partial charge in [-0.15, -0.1) is 12.6 Å². The molecule has 0 saturated carbocycles. The molecular weight excluding hydrogens is 304 g/mol. The van der Waals surface area contributed by atoms with Crippen LogP contribution in [0, 0.1) is 0 Å². The quantitative estimate of drug-likeness (QED) is 0.651. The minimum Gasteiger partial charge on any atom is -0.464 e. The Morgan fingerprint density at radius 3 is 2.45 bits per heavy atom. The van der Waals surface area contributed by atoms with E-state index in [0.717, 1.165) is 31.9 Å². The summed E-state index contributed by atoms with van der Waals surface area (Å²) in [5, 5.41) is 3.32. The number of hydrogen-bond donors (Lipinski definition) is 2. The van der Waals surface area contributed by atoms with Crippen LogP contribution in [0.15, 0.2) is 39.8 Å². The average molecular weight is 322 g/mol. The number of esters is 1. The third kappa shape index (κ3) is 4.59. The molecule has 0 bridgehead atoms. The summed E-state index contributed by atoms with van der Waals surface area (Å²) >= 11 is 4.03. The second-order valence-corrected chi connectivity index (χ2v) is 4.80. The molecule has 1 aliphatic heterocycles. The van der Waals surface area contributed by atoms with Gasteiger partial charge in [0.1, 0.15) is 0 Å². The summed E-state index contributed by atoms with van der Waals surface area (Å²) in [4.78, 5) is 15.3. The van der Waals surface area contributed by atoms with Gasteiger partial charge in [0, 0.05) is 18.7 Å². The van der Waals surface area contributed by atoms with Crippen LogP contribution in [-0.2, 0) is 9.47 Å². The van der Waals surface area contributed by atoms with Gasteiger partial charge in [-0.05, 0) is 12.1 Å². The first-order valence-electron chi connectivity index (χ1n) is 6.84. The topological polar surface area (TPSA) is 73.6 Å². The third-order valence-corrected chi connectivity index (χ3v) is 3.16. The lowest BCUT2D eigenvalue weighted by molar-refractivity contribution is 0.0588. The highest BCUT2D eigenvalue weighted by Gasteiger charge is 2.18. The van der Waals surface area contributed by atoms with Crippen LogP contribution >= 0.6 is 12.6 Å². The van der Waals surface area contributed by atoms with Crippen LogP contribution in [0.25, 0.3) is 11.5 Å². The number of nitrogens with zero attached hydrogens (tertiary/aromatic N) is 1. The van der Waals surface area contributed by atoms with Gasteiger partial charge < -0.3 is 19.2 Å². The van der Waals surface area contributed by atoms with Crippen LogP contribution < -0.4 is 5.32 Å². The van der Waals surface area contributed by atoms with E-state index in [-0.39, 0.29) is 10.8 Å². The first kappa shape index (κ1) is 16.5. The first-order chi connectivity index (χ1) is 10.7. The molecule has 7 heteroatoms. The van der Waals surface area contributed by atoms with E-state index in [2.05, 4.69) is 27.7 Å². The number of thiol groups is 1. The van der Waals surface area contributed by atoms with Crippen molar-refractivity contribution in [3.63, 3.8) is 0 Å². The Morgan fingerprint density at radius 2 is 1.95 bits per heavy atom. The van der Waals surface area contributed by atoms with Crippen molar-refractivity contribution in [3.8, 4) is 11.5 Å². The molecule has 0 amide bonds. The van der Waals surface area contributed by atoms with Crippen LogP contribution in [0.4, 0.5) is 0 Å². The monoisotopic (exact) mass is 322 g/mol. The Hall–Kier alpha value is -1.83. The molecule has 0 aliphatic carbocycles. The van der Waals surface area contributed by atoms with Crippen molar-refractivity contribution in [1.29, 1.82) is 0 Å². The number of carbonyl (C=O) groups excluding carboxylic acids is 1. The van der Waals surface area contributed by atoms with Crippen LogP contribution in [0.1, 0.15) is 10.5 Å². The van der Waals surface area contributed by atoms with E-state index < -0.39 is 5.97 Å². The van der Waals surface area contributed by atoms with Gasteiger partial charge in [0.25, 0.3) is 0 Å². The molecule has 22 heavy (non-hydrogen) atoms. The second kappa shape index (κ2) is 8.57. The Bertz CT molecular complexity index is 585. The molecule has 1 aromatic carbocycles. The molecule has 1 N–H and O–H groups in total. The maximum absolute atomic E-state index is 11.3. The van der Waals surface area contributed by atoms with Gasteiger partial charge >= 0.3 is 5.97 Å². The van der Waals surface area contributed by atoms with E-state index in [4.69, 9.17) is 9.15 Å². The van der Waals surface area contributed by atoms with Crippen LogP contribution in [0.5, 0.6) is 0 Å². The van der Waals surface area contributed by atoms with E-state index in [1.54, 1.807) is 0 Å². The molecule has 0 radical (unpaired) electrons. The summed E-state index contributed by atoms with van der Waals surface area (Å²) in [5.74, 6) is -0.207. The lowest BCUT2D eigenvalue weighted by atomic mass is 10.2. The van der Waals surface area contributed by atoms with Crippen LogP contribution in [0.2, 0.25) is 0 Å². The fraction of sp³-hybridized carbons (Fsp3) is 0.333. The van der Waals surface area contributed by atoms with E-state index in [0.29, 0.717) is 5.89 Å². The molecule has 1 aliphatic rings. The van der Waals surface area contributed by atoms with Gasteiger partial charge in [-0.3, -0.25) is 0 Å². The lowest BCUT2D eigenvalue weighted by Crippen LogP contribution is -2.30. The number of rotatable bonds is 2. The number of carbonyl (C=O) groups is 1. The van der Waals surface area contributed by atoms with E-state index in [1.807, 2.05) is 30.3 Å². The van der Waals surface area contributed by atoms with Crippen molar-refractivity contribution < 1.29 is 18.7 Å². The summed E-state index contributed by atoms with van der Waals surface area (Å²) in [7, 11) is 1.28. The predicted molar refractivity (Wildman–Crippen MR) is 84.2 cm³/mol. The largest absolute Gasteiger partial charge is 0.464 e. The highest BCUT2D eigenvalue weighted by atomic mass is 32.1. The zero-order chi connectivity index (χ0) is 15.8. The number of aromatic nitrogens is 1. The number of ether oxygens (including phenoxy) is 2.